The van der Waals surface area contributed by atoms with E-state index in [1.807, 2.05) is 45.0 Å². The highest BCUT2D eigenvalue weighted by molar-refractivity contribution is 5.74. The van der Waals surface area contributed by atoms with E-state index in [1.165, 1.54) is 4.57 Å². The first kappa shape index (κ1) is 14.9. The molecule has 0 aliphatic rings. The first-order chi connectivity index (χ1) is 9.85. The van der Waals surface area contributed by atoms with Crippen molar-refractivity contribution in [1.29, 1.82) is 0 Å². The molecule has 2 rings (SSSR count). The molecule has 0 aliphatic carbocycles. The van der Waals surface area contributed by atoms with Gasteiger partial charge in [-0.3, -0.25) is 0 Å². The number of carbonyl (C=O) groups excluding carboxylic acids is 1. The highest BCUT2D eigenvalue weighted by Gasteiger charge is 2.19. The lowest BCUT2D eigenvalue weighted by atomic mass is 10.2. The second-order valence-corrected chi connectivity index (χ2v) is 5.70. The molecule has 0 amide bonds. The van der Waals surface area contributed by atoms with Crippen molar-refractivity contribution in [3.63, 3.8) is 0 Å². The van der Waals surface area contributed by atoms with Gasteiger partial charge < -0.3 is 15.8 Å². The molecule has 1 aromatic heterocycles. The number of benzene rings is 1. The lowest BCUT2D eigenvalue weighted by Crippen LogP contribution is -2.27. The van der Waals surface area contributed by atoms with Gasteiger partial charge in [0.2, 0.25) is 5.95 Å². The number of hydrogen-bond donors (Lipinski definition) is 2. The molecule has 0 bridgehead atoms. The molecule has 2 aromatic rings. The summed E-state index contributed by atoms with van der Waals surface area (Å²) in [4.78, 5) is 16.2. The van der Waals surface area contributed by atoms with E-state index in [4.69, 9.17) is 10.5 Å². The third kappa shape index (κ3) is 4.24. The quantitative estimate of drug-likeness (QED) is 0.849. The Hall–Kier alpha value is -2.50. The lowest BCUT2D eigenvalue weighted by Gasteiger charge is -2.20. The van der Waals surface area contributed by atoms with Crippen LogP contribution in [-0.4, -0.2) is 21.2 Å². The van der Waals surface area contributed by atoms with Gasteiger partial charge in [0, 0.05) is 24.6 Å². The summed E-state index contributed by atoms with van der Waals surface area (Å²) in [6, 6.07) is 7.52. The summed E-state index contributed by atoms with van der Waals surface area (Å²) in [5.41, 5.74) is 6.89. The van der Waals surface area contributed by atoms with E-state index in [2.05, 4.69) is 10.3 Å². The molecular weight excluding hydrogens is 268 g/mol. The van der Waals surface area contributed by atoms with E-state index in [-0.39, 0.29) is 0 Å². The molecule has 1 aromatic carbocycles. The van der Waals surface area contributed by atoms with Crippen LogP contribution in [0.4, 0.5) is 16.4 Å². The highest BCUT2D eigenvalue weighted by atomic mass is 16.6. The summed E-state index contributed by atoms with van der Waals surface area (Å²) in [6.07, 6.45) is 2.65. The molecule has 0 aliphatic heterocycles. The average molecular weight is 288 g/mol. The minimum absolute atomic E-state index is 0.437. The van der Waals surface area contributed by atoms with E-state index in [0.717, 1.165) is 5.56 Å². The van der Waals surface area contributed by atoms with Crippen molar-refractivity contribution in [3.05, 3.63) is 42.2 Å². The van der Waals surface area contributed by atoms with Gasteiger partial charge in [-0.25, -0.2) is 14.3 Å². The molecule has 3 N–H and O–H groups in total. The van der Waals surface area contributed by atoms with E-state index in [0.29, 0.717) is 18.2 Å². The van der Waals surface area contributed by atoms with Crippen LogP contribution in [0.25, 0.3) is 0 Å². The zero-order valence-corrected chi connectivity index (χ0v) is 12.5. The predicted molar refractivity (Wildman–Crippen MR) is 82.0 cm³/mol. The second-order valence-electron chi connectivity index (χ2n) is 5.70. The highest BCUT2D eigenvalue weighted by Crippen LogP contribution is 2.14. The van der Waals surface area contributed by atoms with Crippen LogP contribution < -0.4 is 11.1 Å². The SMILES string of the molecule is CC(C)(C)OC(=O)n1ccnc1NCc1cccc(N)c1. The topological polar surface area (TPSA) is 82.2 Å². The Kier molecular flexibility index (Phi) is 4.16. The van der Waals surface area contributed by atoms with Crippen LogP contribution in [0, 0.1) is 0 Å². The normalized spacial score (nSPS) is 11.2. The number of nitrogens with zero attached hydrogens (tertiary/aromatic N) is 2. The third-order valence-corrected chi connectivity index (χ3v) is 2.63. The summed E-state index contributed by atoms with van der Waals surface area (Å²) in [5.74, 6) is 0.437. The molecular formula is C15H20N4O2. The van der Waals surface area contributed by atoms with Crippen LogP contribution in [0.5, 0.6) is 0 Å². The number of aromatic nitrogens is 2. The first-order valence-corrected chi connectivity index (χ1v) is 6.70. The van der Waals surface area contributed by atoms with Crippen molar-refractivity contribution in [2.24, 2.45) is 0 Å². The Morgan fingerprint density at radius 1 is 1.43 bits per heavy atom. The maximum Gasteiger partial charge on any atom is 0.421 e. The zero-order valence-electron chi connectivity index (χ0n) is 12.5. The van der Waals surface area contributed by atoms with Gasteiger partial charge in [-0.05, 0) is 38.5 Å². The standard InChI is InChI=1S/C15H20N4O2/c1-15(2,3)21-14(20)19-8-7-17-13(19)18-10-11-5-4-6-12(16)9-11/h4-9H,10,16H2,1-3H3,(H,17,18). The molecule has 1 heterocycles. The molecule has 0 saturated carbocycles. The molecule has 0 spiro atoms. The van der Waals surface area contributed by atoms with Crippen molar-refractivity contribution in [2.45, 2.75) is 32.9 Å². The molecule has 0 unspecified atom stereocenters. The van der Waals surface area contributed by atoms with E-state index >= 15 is 0 Å². The third-order valence-electron chi connectivity index (χ3n) is 2.63. The van der Waals surface area contributed by atoms with Gasteiger partial charge in [-0.15, -0.1) is 0 Å². The molecule has 6 heteroatoms. The largest absolute Gasteiger partial charge is 0.443 e. The summed E-state index contributed by atoms with van der Waals surface area (Å²) in [7, 11) is 0. The van der Waals surface area contributed by atoms with Crippen LogP contribution in [0.3, 0.4) is 0 Å². The van der Waals surface area contributed by atoms with Gasteiger partial charge in [0.1, 0.15) is 5.60 Å². The molecule has 0 saturated heterocycles. The first-order valence-electron chi connectivity index (χ1n) is 6.70. The molecule has 21 heavy (non-hydrogen) atoms. The fourth-order valence-corrected chi connectivity index (χ4v) is 1.78. The number of anilines is 2. The van der Waals surface area contributed by atoms with Gasteiger partial charge in [-0.2, -0.15) is 0 Å². The van der Waals surface area contributed by atoms with Crippen molar-refractivity contribution < 1.29 is 9.53 Å². The predicted octanol–water partition coefficient (Wildman–Crippen LogP) is 2.86. The summed E-state index contributed by atoms with van der Waals surface area (Å²) in [5, 5.41) is 3.10. The van der Waals surface area contributed by atoms with Gasteiger partial charge in [-0.1, -0.05) is 12.1 Å². The molecule has 112 valence electrons. The number of carbonyl (C=O) groups is 1. The Morgan fingerprint density at radius 2 is 2.19 bits per heavy atom. The monoisotopic (exact) mass is 288 g/mol. The fourth-order valence-electron chi connectivity index (χ4n) is 1.78. The van der Waals surface area contributed by atoms with E-state index in [1.54, 1.807) is 12.4 Å². The number of nitrogens with one attached hydrogen (secondary N) is 1. The molecule has 0 fully saturated rings. The van der Waals surface area contributed by atoms with E-state index in [9.17, 15) is 4.79 Å². The van der Waals surface area contributed by atoms with Crippen LogP contribution in [0.1, 0.15) is 26.3 Å². The molecule has 6 nitrogen and oxygen atoms in total. The fraction of sp³-hybridized carbons (Fsp3) is 0.333. The minimum atomic E-state index is -0.549. The number of nitrogens with two attached hydrogens (primary N) is 1. The van der Waals surface area contributed by atoms with Crippen molar-refractivity contribution >= 4 is 17.7 Å². The van der Waals surface area contributed by atoms with Gasteiger partial charge in [0.25, 0.3) is 0 Å². The van der Waals surface area contributed by atoms with Crippen molar-refractivity contribution in [1.82, 2.24) is 9.55 Å². The van der Waals surface area contributed by atoms with Gasteiger partial charge in [0.15, 0.2) is 0 Å². The maximum atomic E-state index is 12.0. The van der Waals surface area contributed by atoms with Crippen molar-refractivity contribution in [3.8, 4) is 0 Å². The van der Waals surface area contributed by atoms with E-state index < -0.39 is 11.7 Å². The van der Waals surface area contributed by atoms with Crippen molar-refractivity contribution in [2.75, 3.05) is 11.1 Å². The Morgan fingerprint density at radius 3 is 2.86 bits per heavy atom. The van der Waals surface area contributed by atoms with Crippen LogP contribution in [0.2, 0.25) is 0 Å². The number of rotatable bonds is 3. The summed E-state index contributed by atoms with van der Waals surface area (Å²) >= 11 is 0. The smallest absolute Gasteiger partial charge is 0.421 e. The number of imidazole rings is 1. The molecule has 0 radical (unpaired) electrons. The maximum absolute atomic E-state index is 12.0. The lowest BCUT2D eigenvalue weighted by molar-refractivity contribution is 0.0540. The Balaban J connectivity index is 2.05. The number of hydrogen-bond acceptors (Lipinski definition) is 5. The molecule has 0 atom stereocenters. The van der Waals surface area contributed by atoms with Crippen LogP contribution in [-0.2, 0) is 11.3 Å². The Labute approximate surface area is 123 Å². The minimum Gasteiger partial charge on any atom is -0.443 e. The summed E-state index contributed by atoms with van der Waals surface area (Å²) < 4.78 is 6.66. The second kappa shape index (κ2) is 5.87. The average Bonchev–Trinajstić information content (AvgIpc) is 2.83. The van der Waals surface area contributed by atoms with Crippen LogP contribution >= 0.6 is 0 Å². The zero-order chi connectivity index (χ0) is 15.5. The number of nitrogen functional groups attached to an aromatic ring is 1. The summed E-state index contributed by atoms with van der Waals surface area (Å²) in [6.45, 7) is 5.98. The van der Waals surface area contributed by atoms with Crippen LogP contribution in [0.15, 0.2) is 36.7 Å². The Bertz CT molecular complexity index is 629. The van der Waals surface area contributed by atoms with Gasteiger partial charge in [0.05, 0.1) is 0 Å². The number of ether oxygens (including phenoxy) is 1. The van der Waals surface area contributed by atoms with Gasteiger partial charge >= 0.3 is 6.09 Å².